The molecule has 1 saturated heterocycles. The number of aryl methyl sites for hydroxylation is 2. The predicted molar refractivity (Wildman–Crippen MR) is 112 cm³/mol. The summed E-state index contributed by atoms with van der Waals surface area (Å²) in [5.74, 6) is 3.05. The Hall–Kier alpha value is -2.96. The lowest BCUT2D eigenvalue weighted by atomic mass is 9.84. The molecule has 1 aromatic carbocycles. The van der Waals surface area contributed by atoms with E-state index in [9.17, 15) is 4.79 Å². The number of aromatic nitrogens is 4. The molecule has 30 heavy (non-hydrogen) atoms. The van der Waals surface area contributed by atoms with Gasteiger partial charge in [0.1, 0.15) is 5.82 Å². The van der Waals surface area contributed by atoms with Gasteiger partial charge in [-0.25, -0.2) is 4.98 Å². The molecule has 1 aliphatic carbocycles. The molecule has 7 nitrogen and oxygen atoms in total. The van der Waals surface area contributed by atoms with Crippen molar-refractivity contribution in [1.82, 2.24) is 24.6 Å². The summed E-state index contributed by atoms with van der Waals surface area (Å²) in [7, 11) is 0. The molecule has 0 bridgehead atoms. The van der Waals surface area contributed by atoms with E-state index in [2.05, 4.69) is 26.6 Å². The molecule has 1 amide bonds. The third-order valence-corrected chi connectivity index (χ3v) is 6.41. The standard InChI is InChI=1S/C23H27N5O2/c1-16-14-24-23(18-8-5-9-18)28(16)19-12-13-27(15-19)21(29)11-10-20-25-22(26-30-20)17-6-3-2-4-7-17/h2-4,6-7,14,18-19H,5,8-13,15H2,1H3. The Labute approximate surface area is 176 Å². The van der Waals surface area contributed by atoms with Gasteiger partial charge in [-0.3, -0.25) is 4.79 Å². The van der Waals surface area contributed by atoms with Crippen LogP contribution in [-0.2, 0) is 11.2 Å². The van der Waals surface area contributed by atoms with Gasteiger partial charge >= 0.3 is 0 Å². The lowest BCUT2D eigenvalue weighted by Gasteiger charge is -2.28. The molecule has 2 fully saturated rings. The summed E-state index contributed by atoms with van der Waals surface area (Å²) in [5, 5.41) is 4.04. The molecule has 3 heterocycles. The van der Waals surface area contributed by atoms with Crippen molar-refractivity contribution < 1.29 is 9.32 Å². The fourth-order valence-corrected chi connectivity index (χ4v) is 4.52. The van der Waals surface area contributed by atoms with E-state index in [0.29, 0.717) is 36.5 Å². The normalized spacial score (nSPS) is 19.2. The Morgan fingerprint density at radius 2 is 2.03 bits per heavy atom. The van der Waals surface area contributed by atoms with Crippen molar-refractivity contribution in [3.63, 3.8) is 0 Å². The van der Waals surface area contributed by atoms with Crippen LogP contribution in [0.15, 0.2) is 41.1 Å². The first-order valence-electron chi connectivity index (χ1n) is 10.9. The Bertz CT molecular complexity index is 1020. The van der Waals surface area contributed by atoms with Crippen molar-refractivity contribution >= 4 is 5.91 Å². The maximum Gasteiger partial charge on any atom is 0.227 e. The first-order chi connectivity index (χ1) is 14.7. The highest BCUT2D eigenvalue weighted by Gasteiger charge is 2.32. The van der Waals surface area contributed by atoms with Gasteiger partial charge in [-0.2, -0.15) is 4.98 Å². The minimum atomic E-state index is 0.153. The number of hydrogen-bond donors (Lipinski definition) is 0. The van der Waals surface area contributed by atoms with Crippen LogP contribution < -0.4 is 0 Å². The summed E-state index contributed by atoms with van der Waals surface area (Å²) in [4.78, 5) is 23.9. The summed E-state index contributed by atoms with van der Waals surface area (Å²) < 4.78 is 7.73. The van der Waals surface area contributed by atoms with E-state index in [1.807, 2.05) is 41.4 Å². The van der Waals surface area contributed by atoms with Crippen LogP contribution in [0.1, 0.15) is 61.5 Å². The highest BCUT2D eigenvalue weighted by molar-refractivity contribution is 5.76. The smallest absolute Gasteiger partial charge is 0.227 e. The first kappa shape index (κ1) is 19.0. The second kappa shape index (κ2) is 8.05. The van der Waals surface area contributed by atoms with Gasteiger partial charge in [-0.15, -0.1) is 0 Å². The summed E-state index contributed by atoms with van der Waals surface area (Å²) in [5.41, 5.74) is 2.12. The zero-order chi connectivity index (χ0) is 20.5. The topological polar surface area (TPSA) is 77.1 Å². The average molecular weight is 406 g/mol. The van der Waals surface area contributed by atoms with Gasteiger partial charge in [0.25, 0.3) is 0 Å². The second-order valence-corrected chi connectivity index (χ2v) is 8.42. The van der Waals surface area contributed by atoms with Crippen LogP contribution in [0.5, 0.6) is 0 Å². The highest BCUT2D eigenvalue weighted by atomic mass is 16.5. The van der Waals surface area contributed by atoms with Crippen molar-refractivity contribution in [2.24, 2.45) is 0 Å². The van der Waals surface area contributed by atoms with Gasteiger partial charge in [0, 0.05) is 49.3 Å². The van der Waals surface area contributed by atoms with E-state index in [0.717, 1.165) is 25.1 Å². The number of likely N-dealkylation sites (tertiary alicyclic amines) is 1. The number of rotatable bonds is 6. The molecule has 1 aliphatic heterocycles. The Morgan fingerprint density at radius 3 is 2.80 bits per heavy atom. The number of hydrogen-bond acceptors (Lipinski definition) is 5. The first-order valence-corrected chi connectivity index (χ1v) is 10.9. The highest BCUT2D eigenvalue weighted by Crippen LogP contribution is 2.38. The molecule has 3 aromatic rings. The van der Waals surface area contributed by atoms with Crippen molar-refractivity contribution in [3.8, 4) is 11.4 Å². The Balaban J connectivity index is 1.19. The molecular weight excluding hydrogens is 378 g/mol. The second-order valence-electron chi connectivity index (χ2n) is 8.42. The van der Waals surface area contributed by atoms with Gasteiger partial charge < -0.3 is 14.0 Å². The Kier molecular flexibility index (Phi) is 5.11. The molecule has 2 aromatic heterocycles. The number of imidazole rings is 1. The zero-order valence-corrected chi connectivity index (χ0v) is 17.3. The summed E-state index contributed by atoms with van der Waals surface area (Å²) in [6, 6.07) is 10.1. The van der Waals surface area contributed by atoms with Gasteiger partial charge in [0.15, 0.2) is 0 Å². The van der Waals surface area contributed by atoms with E-state index < -0.39 is 0 Å². The van der Waals surface area contributed by atoms with Gasteiger partial charge in [0.2, 0.25) is 17.6 Å². The predicted octanol–water partition coefficient (Wildman–Crippen LogP) is 3.92. The number of nitrogens with zero attached hydrogens (tertiary/aromatic N) is 5. The van der Waals surface area contributed by atoms with Crippen molar-refractivity contribution in [2.75, 3.05) is 13.1 Å². The van der Waals surface area contributed by atoms with E-state index in [1.165, 1.54) is 30.8 Å². The molecule has 1 unspecified atom stereocenters. The van der Waals surface area contributed by atoms with E-state index in [4.69, 9.17) is 4.52 Å². The van der Waals surface area contributed by atoms with Crippen molar-refractivity contribution in [2.45, 2.75) is 57.4 Å². The number of carbonyl (C=O) groups excluding carboxylic acids is 1. The molecule has 7 heteroatoms. The number of amides is 1. The van der Waals surface area contributed by atoms with Crippen LogP contribution in [0, 0.1) is 6.92 Å². The van der Waals surface area contributed by atoms with Crippen LogP contribution in [0.25, 0.3) is 11.4 Å². The summed E-state index contributed by atoms with van der Waals surface area (Å²) >= 11 is 0. The summed E-state index contributed by atoms with van der Waals surface area (Å²) in [6.45, 7) is 3.68. The average Bonchev–Trinajstić information content (AvgIpc) is 3.46. The monoisotopic (exact) mass is 405 g/mol. The van der Waals surface area contributed by atoms with E-state index in [-0.39, 0.29) is 5.91 Å². The van der Waals surface area contributed by atoms with Gasteiger partial charge in [-0.1, -0.05) is 41.9 Å². The summed E-state index contributed by atoms with van der Waals surface area (Å²) in [6.07, 6.45) is 7.60. The molecule has 0 N–H and O–H groups in total. The number of carbonyl (C=O) groups is 1. The maximum atomic E-state index is 12.8. The van der Waals surface area contributed by atoms with Crippen LogP contribution in [0.2, 0.25) is 0 Å². The molecule has 1 atom stereocenters. The van der Waals surface area contributed by atoms with Crippen LogP contribution in [0.3, 0.4) is 0 Å². The third kappa shape index (κ3) is 3.64. The SMILES string of the molecule is Cc1cnc(C2CCC2)n1C1CCN(C(=O)CCc2nc(-c3ccccc3)no2)C1. The maximum absolute atomic E-state index is 12.8. The fourth-order valence-electron chi connectivity index (χ4n) is 4.52. The molecule has 156 valence electrons. The van der Waals surface area contributed by atoms with Crippen LogP contribution in [0.4, 0.5) is 0 Å². The Morgan fingerprint density at radius 1 is 1.20 bits per heavy atom. The van der Waals surface area contributed by atoms with Gasteiger partial charge in [-0.05, 0) is 26.2 Å². The van der Waals surface area contributed by atoms with Crippen molar-refractivity contribution in [1.29, 1.82) is 0 Å². The van der Waals surface area contributed by atoms with E-state index in [1.54, 1.807) is 0 Å². The fraction of sp³-hybridized carbons (Fsp3) is 0.478. The molecule has 0 spiro atoms. The molecule has 5 rings (SSSR count). The van der Waals surface area contributed by atoms with Crippen molar-refractivity contribution in [3.05, 3.63) is 53.9 Å². The lowest BCUT2D eigenvalue weighted by Crippen LogP contribution is -2.30. The molecule has 0 radical (unpaired) electrons. The minimum absolute atomic E-state index is 0.153. The largest absolute Gasteiger partial charge is 0.341 e. The molecule has 2 aliphatic rings. The van der Waals surface area contributed by atoms with E-state index >= 15 is 0 Å². The quantitative estimate of drug-likeness (QED) is 0.621. The molecule has 1 saturated carbocycles. The third-order valence-electron chi connectivity index (χ3n) is 6.41. The van der Waals surface area contributed by atoms with Crippen LogP contribution >= 0.6 is 0 Å². The lowest BCUT2D eigenvalue weighted by molar-refractivity contribution is -0.130. The number of benzene rings is 1. The van der Waals surface area contributed by atoms with Crippen LogP contribution in [-0.4, -0.2) is 43.6 Å². The van der Waals surface area contributed by atoms with Gasteiger partial charge in [0.05, 0.1) is 6.04 Å². The zero-order valence-electron chi connectivity index (χ0n) is 17.3. The molecular formula is C23H27N5O2. The minimum Gasteiger partial charge on any atom is -0.341 e.